The lowest BCUT2D eigenvalue weighted by Gasteiger charge is -2.10. The molecule has 0 atom stereocenters. The van der Waals surface area contributed by atoms with E-state index >= 15 is 0 Å². The van der Waals surface area contributed by atoms with Gasteiger partial charge in [-0.25, -0.2) is 4.98 Å². The van der Waals surface area contributed by atoms with Crippen LogP contribution in [0.5, 0.6) is 0 Å². The van der Waals surface area contributed by atoms with Crippen molar-refractivity contribution in [1.29, 1.82) is 0 Å². The molecule has 0 aromatic carbocycles. The maximum atomic E-state index is 11.6. The zero-order chi connectivity index (χ0) is 11.3. The highest BCUT2D eigenvalue weighted by Gasteiger charge is 2.05. The van der Waals surface area contributed by atoms with E-state index in [1.165, 1.54) is 17.8 Å². The monoisotopic (exact) mass is 229 g/mol. The lowest BCUT2D eigenvalue weighted by Crippen LogP contribution is -2.25. The van der Waals surface area contributed by atoms with Gasteiger partial charge in [0.25, 0.3) is 5.56 Å². The van der Waals surface area contributed by atoms with Gasteiger partial charge in [0.15, 0.2) is 5.16 Å². The number of ether oxygens (including phenoxy) is 1. The standard InChI is InChI=1S/C9H15N3O2S/c1-3-14-5-4-12-8(13)6-7(10)11-9(12)15-2/h6H,3-5,10H2,1-2H3. The molecular weight excluding hydrogens is 214 g/mol. The number of nitrogens with zero attached hydrogens (tertiary/aromatic N) is 2. The minimum Gasteiger partial charge on any atom is -0.383 e. The molecule has 1 aromatic rings. The van der Waals surface area contributed by atoms with Gasteiger partial charge in [-0.15, -0.1) is 0 Å². The van der Waals surface area contributed by atoms with E-state index in [-0.39, 0.29) is 11.4 Å². The number of hydrogen-bond acceptors (Lipinski definition) is 5. The lowest BCUT2D eigenvalue weighted by molar-refractivity contribution is 0.136. The Morgan fingerprint density at radius 3 is 3.00 bits per heavy atom. The van der Waals surface area contributed by atoms with Crippen LogP contribution in [0.3, 0.4) is 0 Å². The van der Waals surface area contributed by atoms with Crippen LogP contribution >= 0.6 is 11.8 Å². The molecule has 0 spiro atoms. The van der Waals surface area contributed by atoms with Crippen LogP contribution in [0, 0.1) is 0 Å². The Balaban J connectivity index is 2.89. The van der Waals surface area contributed by atoms with Gasteiger partial charge in [-0.2, -0.15) is 0 Å². The molecule has 0 saturated carbocycles. The fourth-order valence-corrected chi connectivity index (χ4v) is 1.76. The van der Waals surface area contributed by atoms with E-state index in [2.05, 4.69) is 4.98 Å². The Labute approximate surface area is 92.6 Å². The van der Waals surface area contributed by atoms with Crippen LogP contribution in [0.4, 0.5) is 5.82 Å². The first-order valence-corrected chi connectivity index (χ1v) is 5.90. The van der Waals surface area contributed by atoms with Gasteiger partial charge >= 0.3 is 0 Å². The van der Waals surface area contributed by atoms with E-state index in [1.54, 1.807) is 4.57 Å². The molecule has 0 bridgehead atoms. The largest absolute Gasteiger partial charge is 0.383 e. The van der Waals surface area contributed by atoms with Crippen LogP contribution in [0.1, 0.15) is 6.92 Å². The molecule has 1 aromatic heterocycles. The van der Waals surface area contributed by atoms with Gasteiger partial charge < -0.3 is 10.5 Å². The number of nitrogen functional groups attached to an aromatic ring is 1. The van der Waals surface area contributed by atoms with Crippen molar-refractivity contribution in [1.82, 2.24) is 9.55 Å². The van der Waals surface area contributed by atoms with Crippen molar-refractivity contribution in [2.45, 2.75) is 18.6 Å². The second-order valence-corrected chi connectivity index (χ2v) is 3.63. The Morgan fingerprint density at radius 2 is 2.40 bits per heavy atom. The molecule has 6 heteroatoms. The quantitative estimate of drug-likeness (QED) is 0.454. The predicted molar refractivity (Wildman–Crippen MR) is 61.2 cm³/mol. The zero-order valence-corrected chi connectivity index (χ0v) is 9.71. The maximum Gasteiger partial charge on any atom is 0.256 e. The summed E-state index contributed by atoms with van der Waals surface area (Å²) in [6.45, 7) is 3.58. The van der Waals surface area contributed by atoms with Crippen LogP contribution in [0.25, 0.3) is 0 Å². The number of aromatic nitrogens is 2. The third-order valence-electron chi connectivity index (χ3n) is 1.84. The van der Waals surface area contributed by atoms with Crippen LogP contribution in [0.15, 0.2) is 16.0 Å². The smallest absolute Gasteiger partial charge is 0.256 e. The van der Waals surface area contributed by atoms with Crippen molar-refractivity contribution in [3.8, 4) is 0 Å². The van der Waals surface area contributed by atoms with Gasteiger partial charge in [-0.1, -0.05) is 11.8 Å². The van der Waals surface area contributed by atoms with E-state index in [1.807, 2.05) is 13.2 Å². The van der Waals surface area contributed by atoms with Gasteiger partial charge in [-0.05, 0) is 13.2 Å². The highest BCUT2D eigenvalue weighted by molar-refractivity contribution is 7.98. The van der Waals surface area contributed by atoms with Crippen molar-refractivity contribution in [3.63, 3.8) is 0 Å². The minimum atomic E-state index is -0.133. The predicted octanol–water partition coefficient (Wildman–Crippen LogP) is 0.584. The summed E-state index contributed by atoms with van der Waals surface area (Å²) in [5.41, 5.74) is 5.36. The first kappa shape index (κ1) is 12.1. The van der Waals surface area contributed by atoms with Crippen molar-refractivity contribution in [3.05, 3.63) is 16.4 Å². The molecule has 1 heterocycles. The summed E-state index contributed by atoms with van der Waals surface area (Å²) >= 11 is 1.40. The molecule has 2 N–H and O–H groups in total. The molecule has 0 aliphatic carbocycles. The molecule has 1 rings (SSSR count). The van der Waals surface area contributed by atoms with Crippen LogP contribution in [-0.4, -0.2) is 29.0 Å². The Hall–Kier alpha value is -1.01. The van der Waals surface area contributed by atoms with E-state index in [0.29, 0.717) is 24.9 Å². The Morgan fingerprint density at radius 1 is 1.67 bits per heavy atom. The molecule has 5 nitrogen and oxygen atoms in total. The highest BCUT2D eigenvalue weighted by atomic mass is 32.2. The van der Waals surface area contributed by atoms with Gasteiger partial charge in [0, 0.05) is 12.7 Å². The van der Waals surface area contributed by atoms with Crippen molar-refractivity contribution in [2.75, 3.05) is 25.2 Å². The average Bonchev–Trinajstić information content (AvgIpc) is 2.20. The van der Waals surface area contributed by atoms with Crippen LogP contribution in [0.2, 0.25) is 0 Å². The Bertz CT molecular complexity index is 378. The fourth-order valence-electron chi connectivity index (χ4n) is 1.16. The van der Waals surface area contributed by atoms with Gasteiger partial charge in [0.05, 0.1) is 13.2 Å². The zero-order valence-electron chi connectivity index (χ0n) is 8.90. The normalized spacial score (nSPS) is 10.5. The fraction of sp³-hybridized carbons (Fsp3) is 0.556. The van der Waals surface area contributed by atoms with E-state index in [4.69, 9.17) is 10.5 Å². The molecule has 15 heavy (non-hydrogen) atoms. The topological polar surface area (TPSA) is 70.1 Å². The molecule has 0 unspecified atom stereocenters. The first-order chi connectivity index (χ1) is 7.19. The summed E-state index contributed by atoms with van der Waals surface area (Å²) in [5, 5.41) is 0.625. The average molecular weight is 229 g/mol. The highest BCUT2D eigenvalue weighted by Crippen LogP contribution is 2.10. The number of hydrogen-bond donors (Lipinski definition) is 1. The van der Waals surface area contributed by atoms with Gasteiger partial charge in [0.1, 0.15) is 5.82 Å². The van der Waals surface area contributed by atoms with E-state index in [0.717, 1.165) is 0 Å². The second-order valence-electron chi connectivity index (χ2n) is 2.85. The van der Waals surface area contributed by atoms with Gasteiger partial charge in [-0.3, -0.25) is 9.36 Å². The van der Waals surface area contributed by atoms with Crippen molar-refractivity contribution < 1.29 is 4.74 Å². The molecule has 0 saturated heterocycles. The van der Waals surface area contributed by atoms with Crippen LogP contribution < -0.4 is 11.3 Å². The third kappa shape index (κ3) is 3.24. The maximum absolute atomic E-state index is 11.6. The van der Waals surface area contributed by atoms with Gasteiger partial charge in [0.2, 0.25) is 0 Å². The molecule has 0 aliphatic heterocycles. The summed E-state index contributed by atoms with van der Waals surface area (Å²) < 4.78 is 6.76. The second kappa shape index (κ2) is 5.77. The molecule has 0 amide bonds. The summed E-state index contributed by atoms with van der Waals surface area (Å²) in [4.78, 5) is 15.7. The number of rotatable bonds is 5. The lowest BCUT2D eigenvalue weighted by atomic mass is 10.5. The number of nitrogens with two attached hydrogens (primary N) is 1. The molecular formula is C9H15N3O2S. The molecule has 0 radical (unpaired) electrons. The van der Waals surface area contributed by atoms with E-state index < -0.39 is 0 Å². The Kier molecular flexibility index (Phi) is 4.64. The molecule has 84 valence electrons. The summed E-state index contributed by atoms with van der Waals surface area (Å²) in [6.07, 6.45) is 1.86. The number of thioether (sulfide) groups is 1. The molecule has 0 fully saturated rings. The molecule has 0 aliphatic rings. The summed E-state index contributed by atoms with van der Waals surface area (Å²) in [6, 6.07) is 1.33. The third-order valence-corrected chi connectivity index (χ3v) is 2.52. The van der Waals surface area contributed by atoms with E-state index in [9.17, 15) is 4.79 Å². The summed E-state index contributed by atoms with van der Waals surface area (Å²) in [5.74, 6) is 0.261. The summed E-state index contributed by atoms with van der Waals surface area (Å²) in [7, 11) is 0. The van der Waals surface area contributed by atoms with Crippen molar-refractivity contribution >= 4 is 17.6 Å². The number of anilines is 1. The first-order valence-electron chi connectivity index (χ1n) is 4.68. The SMILES string of the molecule is CCOCCn1c(SC)nc(N)cc1=O. The van der Waals surface area contributed by atoms with Crippen LogP contribution in [-0.2, 0) is 11.3 Å². The van der Waals surface area contributed by atoms with Crippen molar-refractivity contribution in [2.24, 2.45) is 0 Å². The minimum absolute atomic E-state index is 0.133.